The van der Waals surface area contributed by atoms with Crippen molar-refractivity contribution in [1.29, 1.82) is 0 Å². The predicted molar refractivity (Wildman–Crippen MR) is 73.7 cm³/mol. The molecule has 0 atom stereocenters. The second kappa shape index (κ2) is 5.35. The first-order valence-corrected chi connectivity index (χ1v) is 6.64. The van der Waals surface area contributed by atoms with Crippen molar-refractivity contribution in [2.45, 2.75) is 37.2 Å². The van der Waals surface area contributed by atoms with Gasteiger partial charge in [-0.15, -0.1) is 0 Å². The summed E-state index contributed by atoms with van der Waals surface area (Å²) in [6.07, 6.45) is 2.32. The molecule has 0 saturated heterocycles. The van der Waals surface area contributed by atoms with Crippen molar-refractivity contribution in [3.05, 3.63) is 35.3 Å². The number of hydrogen-bond donors (Lipinski definition) is 1. The van der Waals surface area contributed by atoms with Crippen LogP contribution < -0.4 is 5.73 Å². The summed E-state index contributed by atoms with van der Waals surface area (Å²) in [5.74, 6) is 0.555. The van der Waals surface area contributed by atoms with Crippen LogP contribution in [0.1, 0.15) is 23.7 Å². The first-order chi connectivity index (χ1) is 8.60. The van der Waals surface area contributed by atoms with Crippen LogP contribution in [0.25, 0.3) is 0 Å². The fourth-order valence-electron chi connectivity index (χ4n) is 1.78. The van der Waals surface area contributed by atoms with Crippen LogP contribution in [0.2, 0.25) is 0 Å². The molecule has 2 aromatic heterocycles. The van der Waals surface area contributed by atoms with E-state index >= 15 is 0 Å². The van der Waals surface area contributed by atoms with Crippen LogP contribution in [0, 0.1) is 13.8 Å². The second-order valence-electron chi connectivity index (χ2n) is 4.12. The molecule has 5 heteroatoms. The van der Waals surface area contributed by atoms with Crippen molar-refractivity contribution in [3.8, 4) is 0 Å². The summed E-state index contributed by atoms with van der Waals surface area (Å²) < 4.78 is 0. The first-order valence-electron chi connectivity index (χ1n) is 5.82. The fourth-order valence-corrected chi connectivity index (χ4v) is 2.89. The van der Waals surface area contributed by atoms with Gasteiger partial charge >= 0.3 is 0 Å². The first kappa shape index (κ1) is 12.8. The highest BCUT2D eigenvalue weighted by atomic mass is 32.2. The second-order valence-corrected chi connectivity index (χ2v) is 5.13. The van der Waals surface area contributed by atoms with E-state index in [1.807, 2.05) is 13.8 Å². The van der Waals surface area contributed by atoms with E-state index in [4.69, 9.17) is 5.73 Å². The monoisotopic (exact) mass is 260 g/mol. The Hall–Kier alpha value is -1.62. The molecule has 94 valence electrons. The molecule has 0 radical (unpaired) electrons. The molecule has 0 unspecified atom stereocenters. The summed E-state index contributed by atoms with van der Waals surface area (Å²) in [6, 6.07) is 4.11. The van der Waals surface area contributed by atoms with E-state index in [1.54, 1.807) is 0 Å². The molecule has 0 aliphatic carbocycles. The maximum Gasteiger partial charge on any atom is 0.131 e. The molecule has 0 spiro atoms. The van der Waals surface area contributed by atoms with Crippen molar-refractivity contribution in [2.75, 3.05) is 5.73 Å². The minimum absolute atomic E-state index is 0.555. The maximum absolute atomic E-state index is 5.86. The lowest BCUT2D eigenvalue weighted by Gasteiger charge is -2.08. The highest BCUT2D eigenvalue weighted by molar-refractivity contribution is 7.99. The van der Waals surface area contributed by atoms with Crippen LogP contribution in [-0.2, 0) is 6.42 Å². The SMILES string of the molecule is CCc1c(N)ncnc1Sc1cc(C)cc(C)n1. The third kappa shape index (κ3) is 2.79. The Bertz CT molecular complexity index is 549. The molecule has 0 amide bonds. The Balaban J connectivity index is 2.36. The topological polar surface area (TPSA) is 64.7 Å². The summed E-state index contributed by atoms with van der Waals surface area (Å²) >= 11 is 1.54. The number of pyridine rings is 1. The summed E-state index contributed by atoms with van der Waals surface area (Å²) in [4.78, 5) is 12.8. The van der Waals surface area contributed by atoms with Gasteiger partial charge in [0.25, 0.3) is 0 Å². The minimum atomic E-state index is 0.555. The summed E-state index contributed by atoms with van der Waals surface area (Å²) in [5, 5.41) is 1.84. The van der Waals surface area contributed by atoms with E-state index < -0.39 is 0 Å². The van der Waals surface area contributed by atoms with Gasteiger partial charge in [0.1, 0.15) is 22.2 Å². The number of rotatable bonds is 3. The molecule has 18 heavy (non-hydrogen) atoms. The van der Waals surface area contributed by atoms with Crippen LogP contribution in [0.5, 0.6) is 0 Å². The van der Waals surface area contributed by atoms with Gasteiger partial charge in [-0.05, 0) is 49.7 Å². The molecule has 2 aromatic rings. The Labute approximate surface area is 111 Å². The van der Waals surface area contributed by atoms with Crippen LogP contribution in [0.15, 0.2) is 28.5 Å². The van der Waals surface area contributed by atoms with Gasteiger partial charge in [-0.3, -0.25) is 0 Å². The van der Waals surface area contributed by atoms with Crippen molar-refractivity contribution in [2.24, 2.45) is 0 Å². The van der Waals surface area contributed by atoms with Gasteiger partial charge in [-0.1, -0.05) is 6.92 Å². The van der Waals surface area contributed by atoms with E-state index in [0.29, 0.717) is 5.82 Å². The number of hydrogen-bond acceptors (Lipinski definition) is 5. The summed E-state index contributed by atoms with van der Waals surface area (Å²) in [5.41, 5.74) is 9.06. The zero-order chi connectivity index (χ0) is 13.1. The standard InChI is InChI=1S/C13H16N4S/c1-4-10-12(14)15-7-16-13(10)18-11-6-8(2)5-9(3)17-11/h5-7H,4H2,1-3H3,(H2,14,15,16). The molecule has 4 nitrogen and oxygen atoms in total. The molecule has 0 aromatic carbocycles. The molecule has 0 aliphatic rings. The zero-order valence-electron chi connectivity index (χ0n) is 10.8. The average Bonchev–Trinajstić information content (AvgIpc) is 2.27. The zero-order valence-corrected chi connectivity index (χ0v) is 11.6. The Morgan fingerprint density at radius 1 is 1.22 bits per heavy atom. The number of aryl methyl sites for hydroxylation is 2. The predicted octanol–water partition coefficient (Wildman–Crippen LogP) is 2.78. The molecular formula is C13H16N4S. The number of anilines is 1. The van der Waals surface area contributed by atoms with Crippen LogP contribution in [-0.4, -0.2) is 15.0 Å². The number of nitrogen functional groups attached to an aromatic ring is 1. The normalized spacial score (nSPS) is 10.6. The van der Waals surface area contributed by atoms with E-state index in [0.717, 1.165) is 27.7 Å². The molecule has 2 heterocycles. The number of nitrogens with zero attached hydrogens (tertiary/aromatic N) is 3. The lowest BCUT2D eigenvalue weighted by atomic mass is 10.2. The van der Waals surface area contributed by atoms with Crippen LogP contribution in [0.3, 0.4) is 0 Å². The molecule has 0 saturated carbocycles. The molecule has 0 bridgehead atoms. The highest BCUT2D eigenvalue weighted by Gasteiger charge is 2.10. The van der Waals surface area contributed by atoms with E-state index in [9.17, 15) is 0 Å². The highest BCUT2D eigenvalue weighted by Crippen LogP contribution is 2.30. The smallest absolute Gasteiger partial charge is 0.131 e. The van der Waals surface area contributed by atoms with E-state index in [-0.39, 0.29) is 0 Å². The average molecular weight is 260 g/mol. The summed E-state index contributed by atoms with van der Waals surface area (Å²) in [7, 11) is 0. The van der Waals surface area contributed by atoms with Crippen LogP contribution >= 0.6 is 11.8 Å². The van der Waals surface area contributed by atoms with Crippen molar-refractivity contribution < 1.29 is 0 Å². The largest absolute Gasteiger partial charge is 0.383 e. The fraction of sp³-hybridized carbons (Fsp3) is 0.308. The maximum atomic E-state index is 5.86. The Kier molecular flexibility index (Phi) is 3.81. The molecule has 2 rings (SSSR count). The molecule has 2 N–H and O–H groups in total. The van der Waals surface area contributed by atoms with Crippen molar-refractivity contribution >= 4 is 17.6 Å². The van der Waals surface area contributed by atoms with Gasteiger partial charge in [-0.25, -0.2) is 15.0 Å². The summed E-state index contributed by atoms with van der Waals surface area (Å²) in [6.45, 7) is 6.11. The lowest BCUT2D eigenvalue weighted by molar-refractivity contribution is 0.946. The molecular weight excluding hydrogens is 244 g/mol. The van der Waals surface area contributed by atoms with E-state index in [2.05, 4.69) is 34.0 Å². The van der Waals surface area contributed by atoms with Crippen molar-refractivity contribution in [1.82, 2.24) is 15.0 Å². The van der Waals surface area contributed by atoms with Gasteiger partial charge in [0.05, 0.1) is 0 Å². The van der Waals surface area contributed by atoms with Crippen molar-refractivity contribution in [3.63, 3.8) is 0 Å². The van der Waals surface area contributed by atoms with Gasteiger partial charge in [0.15, 0.2) is 0 Å². The molecule has 0 fully saturated rings. The van der Waals surface area contributed by atoms with Gasteiger partial charge in [-0.2, -0.15) is 0 Å². The van der Waals surface area contributed by atoms with Gasteiger partial charge < -0.3 is 5.73 Å². The number of nitrogens with two attached hydrogens (primary N) is 1. The van der Waals surface area contributed by atoms with Crippen LogP contribution in [0.4, 0.5) is 5.82 Å². The quantitative estimate of drug-likeness (QED) is 0.860. The Morgan fingerprint density at radius 2 is 2.00 bits per heavy atom. The number of aromatic nitrogens is 3. The lowest BCUT2D eigenvalue weighted by Crippen LogP contribution is -2.00. The van der Waals surface area contributed by atoms with E-state index in [1.165, 1.54) is 23.7 Å². The van der Waals surface area contributed by atoms with Gasteiger partial charge in [0.2, 0.25) is 0 Å². The van der Waals surface area contributed by atoms with Gasteiger partial charge in [0, 0.05) is 11.3 Å². The third-order valence-electron chi connectivity index (χ3n) is 2.57. The Morgan fingerprint density at radius 3 is 2.67 bits per heavy atom. The minimum Gasteiger partial charge on any atom is -0.383 e. The third-order valence-corrected chi connectivity index (χ3v) is 3.53. The molecule has 0 aliphatic heterocycles.